The summed E-state index contributed by atoms with van der Waals surface area (Å²) >= 11 is 0. The van der Waals surface area contributed by atoms with Gasteiger partial charge in [0.25, 0.3) is 0 Å². The van der Waals surface area contributed by atoms with E-state index in [-0.39, 0.29) is 34.3 Å². The molecular formula is C89H127O7S5+5. The minimum Gasteiger partial charge on any atom is -0.455 e. The Labute approximate surface area is 625 Å². The molecule has 0 radical (unpaired) electrons. The predicted octanol–water partition coefficient (Wildman–Crippen LogP) is 20.1. The molecule has 5 saturated heterocycles. The Morgan fingerprint density at radius 3 is 1.05 bits per heavy atom. The van der Waals surface area contributed by atoms with E-state index in [2.05, 4.69) is 89.2 Å². The van der Waals surface area contributed by atoms with Crippen LogP contribution in [0, 0.1) is 97.7 Å². The van der Waals surface area contributed by atoms with E-state index in [1.807, 2.05) is 44.2 Å². The van der Waals surface area contributed by atoms with Crippen molar-refractivity contribution >= 4 is 78.2 Å². The summed E-state index contributed by atoms with van der Waals surface area (Å²) in [5.74, 6) is 25.0. The third-order valence-electron chi connectivity index (χ3n) is 26.6. The number of aryl methyl sites for hydroxylation is 4. The van der Waals surface area contributed by atoms with Gasteiger partial charge in [0, 0.05) is 38.2 Å². The molecule has 101 heavy (non-hydrogen) atoms. The number of esters is 3. The van der Waals surface area contributed by atoms with Crippen LogP contribution >= 0.6 is 0 Å². The van der Waals surface area contributed by atoms with Crippen LogP contribution in [0.5, 0.6) is 11.5 Å². The van der Waals surface area contributed by atoms with Gasteiger partial charge in [-0.2, -0.15) is 0 Å². The van der Waals surface area contributed by atoms with Gasteiger partial charge in [0.05, 0.1) is 10.8 Å². The third-order valence-corrected chi connectivity index (χ3v) is 38.8. The molecule has 12 saturated carbocycles. The Morgan fingerprint density at radius 2 is 0.683 bits per heavy atom. The summed E-state index contributed by atoms with van der Waals surface area (Å²) in [7, 11) is 2.15. The van der Waals surface area contributed by atoms with Crippen molar-refractivity contribution < 1.29 is 33.4 Å². The van der Waals surface area contributed by atoms with E-state index in [0.29, 0.717) is 77.8 Å². The molecule has 0 unspecified atom stereocenters. The molecule has 0 aromatic heterocycles. The zero-order valence-electron chi connectivity index (χ0n) is 63.2. The molecule has 21 rings (SSSR count). The molecule has 17 fully saturated rings. The fraction of sp³-hybridized carbons (Fsp3) is 0.685. The molecule has 0 amide bonds. The standard InChI is InChI=1S/C24H33O2S.C23H31O2S.C17H27O2S.C12H15OS.C11H15S.C2H6/c1-16-8-21(27-6-4-3-5-7-27)9-17(2)22(16)26-23(25)24-13-18-10-19(14-24)12-20(11-18)15-24;1-15-7-20(26-5-3-4-6-26)8-16(2)21(15)25-22(24)23-12-17-9-18(13-23)11-19(10-17)14-23;1-17(19-16(18)11-20-4-2-3-5-20)14-7-12-6-13(9-14)10-15(17)8-12;13-12(10-14-8-4-5-9-14)11-6-2-1-3-7-11;1-3-7-11(8-4-1)12-9-5-2-6-10-12;1-2/h8-9,18-20H,3-7,10-15H2,1-2H3;7-8,17-19H,3-6,9-14H2,1-2H3;12-15H,2-11H2,1H3;1-3,6-7H,4-5,8-10H2;1,3-4,7-8H,2,5-6,9-10H2;1-2H3/q5*+1;. The van der Waals surface area contributed by atoms with Gasteiger partial charge in [0.1, 0.15) is 74.6 Å². The zero-order chi connectivity index (χ0) is 70.3. The monoisotopic (exact) mass is 1470 g/mol. The van der Waals surface area contributed by atoms with E-state index in [0.717, 1.165) is 131 Å². The Hall–Kier alpha value is -3.29. The third kappa shape index (κ3) is 18.5. The minimum atomic E-state index is -0.169. The lowest BCUT2D eigenvalue weighted by atomic mass is 9.49. The van der Waals surface area contributed by atoms with Gasteiger partial charge in [-0.05, 0) is 360 Å². The second kappa shape index (κ2) is 34.7. The van der Waals surface area contributed by atoms with Crippen molar-refractivity contribution in [2.45, 2.75) is 255 Å². The Morgan fingerprint density at radius 1 is 0.376 bits per heavy atom. The van der Waals surface area contributed by atoms with Gasteiger partial charge >= 0.3 is 17.9 Å². The molecule has 4 aromatic carbocycles. The quantitative estimate of drug-likeness (QED) is 0.0569. The average molecular weight is 1470 g/mol. The number of Topliss-reactive ketones (excluding diaryl/α,β-unsaturated/α-hetero) is 1. The molecular weight excluding hydrogens is 1340 g/mol. The molecule has 0 N–H and O–H groups in total. The van der Waals surface area contributed by atoms with Gasteiger partial charge in [0.15, 0.2) is 20.4 Å². The van der Waals surface area contributed by atoms with E-state index < -0.39 is 0 Å². The zero-order valence-corrected chi connectivity index (χ0v) is 67.3. The number of rotatable bonds is 13. The van der Waals surface area contributed by atoms with E-state index >= 15 is 0 Å². The van der Waals surface area contributed by atoms with Gasteiger partial charge < -0.3 is 14.2 Å². The highest BCUT2D eigenvalue weighted by Crippen LogP contribution is 2.63. The molecule has 5 heterocycles. The molecule has 550 valence electrons. The normalized spacial score (nSPS) is 32.7. The van der Waals surface area contributed by atoms with Crippen molar-refractivity contribution in [2.75, 3.05) is 69.0 Å². The molecule has 7 nitrogen and oxygen atoms in total. The van der Waals surface area contributed by atoms with Crippen LogP contribution in [0.1, 0.15) is 240 Å². The molecule has 12 aliphatic carbocycles. The topological polar surface area (TPSA) is 96.0 Å². The molecule has 0 spiro atoms. The van der Waals surface area contributed by atoms with E-state index in [1.54, 1.807) is 4.90 Å². The van der Waals surface area contributed by atoms with Crippen LogP contribution in [0.2, 0.25) is 0 Å². The van der Waals surface area contributed by atoms with Crippen molar-refractivity contribution in [2.24, 2.45) is 70.0 Å². The fourth-order valence-electron chi connectivity index (χ4n) is 22.6. The SMILES string of the molecule is CC.CC1(OC(=O)C[S+]2CCCC2)C2CC3CC(C2)CC1C3.Cc1cc([S+]2CCCC2)cc(C)c1OC(=O)C12CC3CC(CC(C3)C1)C2.Cc1cc([S+]2CCCCC2)cc(C)c1OC(=O)C12CC3CC(CC(C3)C1)C2.O=C(C[S+]1CCCC1)c1ccccc1.c1ccc([S+]2CCCCC2)cc1. The first-order valence-electron chi connectivity index (χ1n) is 40.8. The lowest BCUT2D eigenvalue weighted by molar-refractivity contribution is -0.200. The number of benzene rings is 4. The number of hydrogen-bond donors (Lipinski definition) is 0. The van der Waals surface area contributed by atoms with Crippen molar-refractivity contribution in [3.63, 3.8) is 0 Å². The number of ether oxygens (including phenoxy) is 3. The highest BCUT2D eigenvalue weighted by molar-refractivity contribution is 7.98. The second-order valence-electron chi connectivity index (χ2n) is 34.3. The number of carbonyl (C=O) groups excluding carboxylic acids is 4. The number of ketones is 1. The van der Waals surface area contributed by atoms with Crippen molar-refractivity contribution in [1.82, 2.24) is 0 Å². The molecule has 5 aliphatic heterocycles. The molecule has 12 heteroatoms. The lowest BCUT2D eigenvalue weighted by Gasteiger charge is -2.58. The first-order chi connectivity index (χ1) is 49.0. The predicted molar refractivity (Wildman–Crippen MR) is 430 cm³/mol. The average Bonchev–Trinajstić information content (AvgIpc) is 1.32. The van der Waals surface area contributed by atoms with Crippen LogP contribution in [-0.4, -0.2) is 98.3 Å². The van der Waals surface area contributed by atoms with Crippen LogP contribution < -0.4 is 9.47 Å². The summed E-state index contributed by atoms with van der Waals surface area (Å²) in [5, 5.41) is 0. The van der Waals surface area contributed by atoms with Gasteiger partial charge in [-0.25, -0.2) is 4.79 Å². The molecule has 12 bridgehead atoms. The highest BCUT2D eigenvalue weighted by Gasteiger charge is 2.59. The van der Waals surface area contributed by atoms with Crippen LogP contribution in [0.3, 0.4) is 0 Å². The first-order valence-corrected chi connectivity index (χ1v) is 49.0. The van der Waals surface area contributed by atoms with Crippen molar-refractivity contribution in [3.8, 4) is 11.5 Å². The summed E-state index contributed by atoms with van der Waals surface area (Å²) in [5.41, 5.74) is 5.04. The van der Waals surface area contributed by atoms with Crippen LogP contribution in [0.25, 0.3) is 0 Å². The van der Waals surface area contributed by atoms with Gasteiger partial charge in [-0.1, -0.05) is 62.4 Å². The second-order valence-corrected chi connectivity index (χ2v) is 45.8. The smallest absolute Gasteiger partial charge is 0.356 e. The molecule has 4 aromatic rings. The Bertz CT molecular complexity index is 3260. The summed E-state index contributed by atoms with van der Waals surface area (Å²) < 4.78 is 18.5. The largest absolute Gasteiger partial charge is 0.455 e. The van der Waals surface area contributed by atoms with E-state index in [9.17, 15) is 19.2 Å². The van der Waals surface area contributed by atoms with E-state index in [4.69, 9.17) is 14.2 Å². The summed E-state index contributed by atoms with van der Waals surface area (Å²) in [6.07, 6.45) is 37.9. The maximum atomic E-state index is 13.3. The van der Waals surface area contributed by atoms with Crippen LogP contribution in [0.15, 0.2) is 99.6 Å². The fourth-order valence-corrected chi connectivity index (χ4v) is 34.2. The van der Waals surface area contributed by atoms with E-state index in [1.165, 1.54) is 215 Å². The van der Waals surface area contributed by atoms with Crippen LogP contribution in [0.4, 0.5) is 0 Å². The minimum absolute atomic E-state index is 0.0823. The van der Waals surface area contributed by atoms with Gasteiger partial charge in [0.2, 0.25) is 11.5 Å². The highest BCUT2D eigenvalue weighted by atomic mass is 32.2. The summed E-state index contributed by atoms with van der Waals surface area (Å²) in [6, 6.07) is 29.9. The lowest BCUT2D eigenvalue weighted by Crippen LogP contribution is -2.58. The molecule has 0 atom stereocenters. The van der Waals surface area contributed by atoms with Gasteiger partial charge in [-0.3, -0.25) is 14.4 Å². The number of hydrogen-bond acceptors (Lipinski definition) is 7. The summed E-state index contributed by atoms with van der Waals surface area (Å²) in [6.45, 7) is 14.8. The molecule has 17 aliphatic rings. The maximum Gasteiger partial charge on any atom is 0.356 e. The van der Waals surface area contributed by atoms with Crippen molar-refractivity contribution in [1.29, 1.82) is 0 Å². The number of carbonyl (C=O) groups is 4. The Kier molecular flexibility index (Phi) is 26.1. The Balaban J connectivity index is 0.000000116. The van der Waals surface area contributed by atoms with Crippen molar-refractivity contribution in [3.05, 3.63) is 113 Å². The van der Waals surface area contributed by atoms with Gasteiger partial charge in [-0.15, -0.1) is 0 Å². The first kappa shape index (κ1) is 75.9. The summed E-state index contributed by atoms with van der Waals surface area (Å²) in [4.78, 5) is 55.4. The van der Waals surface area contributed by atoms with Crippen LogP contribution in [-0.2, 0) is 73.6 Å². The maximum absolute atomic E-state index is 13.3.